The Bertz CT molecular complexity index is 215. The molecule has 0 heterocycles. The van der Waals surface area contributed by atoms with Gasteiger partial charge in [-0.3, -0.25) is 0 Å². The molecule has 0 saturated carbocycles. The van der Waals surface area contributed by atoms with Gasteiger partial charge in [0.05, 0.1) is 5.67 Å². The summed E-state index contributed by atoms with van der Waals surface area (Å²) < 4.78 is 17.3. The van der Waals surface area contributed by atoms with E-state index in [1.54, 1.807) is 0 Å². The lowest BCUT2D eigenvalue weighted by atomic mass is 10.5. The SMILES string of the molecule is CCO[Si](OCC)(OCC)C(CC)NC(N)=S. The average Bonchev–Trinajstić information content (AvgIpc) is 2.26. The van der Waals surface area contributed by atoms with Gasteiger partial charge in [0.15, 0.2) is 5.11 Å². The van der Waals surface area contributed by atoms with Crippen LogP contribution in [0.4, 0.5) is 0 Å². The number of nitrogens with two attached hydrogens (primary N) is 1. The Hall–Kier alpha value is -0.213. The van der Waals surface area contributed by atoms with Crippen LogP contribution in [0.2, 0.25) is 0 Å². The van der Waals surface area contributed by atoms with Crippen molar-refractivity contribution in [2.45, 2.75) is 39.8 Å². The molecule has 102 valence electrons. The van der Waals surface area contributed by atoms with E-state index in [4.69, 9.17) is 31.2 Å². The molecule has 0 bridgehead atoms. The zero-order chi connectivity index (χ0) is 13.3. The van der Waals surface area contributed by atoms with E-state index in [9.17, 15) is 0 Å². The van der Waals surface area contributed by atoms with Crippen LogP contribution in [-0.2, 0) is 13.3 Å². The highest BCUT2D eigenvalue weighted by atomic mass is 32.1. The summed E-state index contributed by atoms with van der Waals surface area (Å²) in [6, 6.07) is 0. The predicted octanol–water partition coefficient (Wildman–Crippen LogP) is 1.19. The fourth-order valence-electron chi connectivity index (χ4n) is 1.64. The molecule has 0 spiro atoms. The Labute approximate surface area is 110 Å². The van der Waals surface area contributed by atoms with Crippen LogP contribution in [0.1, 0.15) is 34.1 Å². The number of hydrogen-bond acceptors (Lipinski definition) is 4. The molecule has 0 amide bonds. The second-order valence-corrected chi connectivity index (χ2v) is 6.58. The molecule has 0 aliphatic heterocycles. The van der Waals surface area contributed by atoms with E-state index in [2.05, 4.69) is 5.32 Å². The Morgan fingerprint density at radius 2 is 1.53 bits per heavy atom. The Morgan fingerprint density at radius 3 is 1.76 bits per heavy atom. The van der Waals surface area contributed by atoms with Crippen LogP contribution in [0.15, 0.2) is 0 Å². The maximum Gasteiger partial charge on any atom is 0.524 e. The summed E-state index contributed by atoms with van der Waals surface area (Å²) >= 11 is 4.88. The van der Waals surface area contributed by atoms with E-state index in [0.29, 0.717) is 19.8 Å². The molecule has 0 aromatic rings. The Morgan fingerprint density at radius 1 is 1.12 bits per heavy atom. The largest absolute Gasteiger partial charge is 0.524 e. The van der Waals surface area contributed by atoms with Crippen molar-refractivity contribution >= 4 is 26.1 Å². The zero-order valence-electron chi connectivity index (χ0n) is 11.1. The first-order chi connectivity index (χ1) is 8.06. The first-order valence-corrected chi connectivity index (χ1v) is 8.25. The topological polar surface area (TPSA) is 65.7 Å². The summed E-state index contributed by atoms with van der Waals surface area (Å²) in [5.74, 6) is 0. The molecule has 3 N–H and O–H groups in total. The molecule has 17 heavy (non-hydrogen) atoms. The predicted molar refractivity (Wildman–Crippen MR) is 74.6 cm³/mol. The van der Waals surface area contributed by atoms with Gasteiger partial charge in [-0.25, -0.2) is 0 Å². The van der Waals surface area contributed by atoms with E-state index in [0.717, 1.165) is 6.42 Å². The lowest BCUT2D eigenvalue weighted by molar-refractivity contribution is 0.0596. The summed E-state index contributed by atoms with van der Waals surface area (Å²) in [6.07, 6.45) is 0.781. The second-order valence-electron chi connectivity index (χ2n) is 3.37. The molecule has 0 rings (SSSR count). The number of nitrogens with one attached hydrogen (secondary N) is 1. The van der Waals surface area contributed by atoms with Crippen molar-refractivity contribution in [2.75, 3.05) is 19.8 Å². The highest BCUT2D eigenvalue weighted by Crippen LogP contribution is 2.17. The fraction of sp³-hybridized carbons (Fsp3) is 0.900. The monoisotopic (exact) mass is 280 g/mol. The lowest BCUT2D eigenvalue weighted by Crippen LogP contribution is -2.63. The molecule has 0 aromatic heterocycles. The maximum atomic E-state index is 5.78. The molecule has 1 unspecified atom stereocenters. The van der Waals surface area contributed by atoms with Crippen LogP contribution in [-0.4, -0.2) is 39.4 Å². The van der Waals surface area contributed by atoms with Crippen molar-refractivity contribution in [2.24, 2.45) is 5.73 Å². The van der Waals surface area contributed by atoms with Crippen LogP contribution >= 0.6 is 12.2 Å². The van der Waals surface area contributed by atoms with Crippen molar-refractivity contribution < 1.29 is 13.3 Å². The third-order valence-corrected chi connectivity index (χ3v) is 5.79. The smallest absolute Gasteiger partial charge is 0.376 e. The van der Waals surface area contributed by atoms with E-state index >= 15 is 0 Å². The first kappa shape index (κ1) is 16.8. The minimum atomic E-state index is -2.77. The molecule has 0 fully saturated rings. The second kappa shape index (κ2) is 8.82. The average molecular weight is 280 g/mol. The van der Waals surface area contributed by atoms with Crippen molar-refractivity contribution in [1.82, 2.24) is 5.32 Å². The number of hydrogen-bond donors (Lipinski definition) is 2. The van der Waals surface area contributed by atoms with Gasteiger partial charge in [0.2, 0.25) is 0 Å². The third kappa shape index (κ3) is 5.30. The molecule has 0 aromatic carbocycles. The van der Waals surface area contributed by atoms with E-state index in [1.165, 1.54) is 0 Å². The number of rotatable bonds is 9. The van der Waals surface area contributed by atoms with Crippen LogP contribution in [0.5, 0.6) is 0 Å². The zero-order valence-corrected chi connectivity index (χ0v) is 12.9. The normalized spacial score (nSPS) is 13.4. The molecule has 0 radical (unpaired) electrons. The van der Waals surface area contributed by atoms with Gasteiger partial charge in [-0.2, -0.15) is 0 Å². The van der Waals surface area contributed by atoms with Gasteiger partial charge >= 0.3 is 8.80 Å². The fourth-order valence-corrected chi connectivity index (χ4v) is 4.78. The third-order valence-electron chi connectivity index (χ3n) is 2.19. The van der Waals surface area contributed by atoms with E-state index in [1.807, 2.05) is 27.7 Å². The van der Waals surface area contributed by atoms with Crippen LogP contribution in [0.25, 0.3) is 0 Å². The van der Waals surface area contributed by atoms with Crippen molar-refractivity contribution in [1.29, 1.82) is 0 Å². The minimum Gasteiger partial charge on any atom is -0.376 e. The molecular weight excluding hydrogens is 256 g/mol. The van der Waals surface area contributed by atoms with Gasteiger partial charge in [0, 0.05) is 19.8 Å². The highest BCUT2D eigenvalue weighted by Gasteiger charge is 2.48. The van der Waals surface area contributed by atoms with Crippen molar-refractivity contribution in [3.8, 4) is 0 Å². The highest BCUT2D eigenvalue weighted by molar-refractivity contribution is 7.80. The minimum absolute atomic E-state index is 0.0974. The molecule has 0 aliphatic rings. The first-order valence-electron chi connectivity index (χ1n) is 6.04. The Balaban J connectivity index is 4.96. The maximum absolute atomic E-state index is 5.78. The summed E-state index contributed by atoms with van der Waals surface area (Å²) in [4.78, 5) is 0. The summed E-state index contributed by atoms with van der Waals surface area (Å²) in [6.45, 7) is 9.42. The van der Waals surface area contributed by atoms with Gasteiger partial charge in [0.1, 0.15) is 0 Å². The van der Waals surface area contributed by atoms with Crippen molar-refractivity contribution in [3.05, 3.63) is 0 Å². The molecular formula is C10H24N2O3SSi. The quantitative estimate of drug-likeness (QED) is 0.488. The van der Waals surface area contributed by atoms with Gasteiger partial charge < -0.3 is 24.3 Å². The molecule has 0 aliphatic carbocycles. The summed E-state index contributed by atoms with van der Waals surface area (Å²) in [5.41, 5.74) is 5.43. The molecule has 7 heteroatoms. The van der Waals surface area contributed by atoms with Crippen LogP contribution < -0.4 is 11.1 Å². The van der Waals surface area contributed by atoms with Crippen molar-refractivity contribution in [3.63, 3.8) is 0 Å². The summed E-state index contributed by atoms with van der Waals surface area (Å²) in [5, 5.41) is 3.26. The standard InChI is InChI=1S/C10H24N2O3SSi/c1-5-9(12-10(11)16)17(13-6-2,14-7-3)15-8-4/h9H,5-8H2,1-4H3,(H3,11,12,16). The molecule has 0 saturated heterocycles. The number of thiocarbonyl (C=S) groups is 1. The van der Waals surface area contributed by atoms with Gasteiger partial charge in [-0.1, -0.05) is 6.92 Å². The van der Waals surface area contributed by atoms with Crippen LogP contribution in [0, 0.1) is 0 Å². The van der Waals surface area contributed by atoms with Gasteiger partial charge in [0.25, 0.3) is 0 Å². The lowest BCUT2D eigenvalue weighted by Gasteiger charge is -2.35. The Kier molecular flexibility index (Phi) is 8.71. The molecule has 1 atom stereocenters. The van der Waals surface area contributed by atoms with Gasteiger partial charge in [-0.15, -0.1) is 0 Å². The van der Waals surface area contributed by atoms with E-state index < -0.39 is 8.80 Å². The van der Waals surface area contributed by atoms with Gasteiger partial charge in [-0.05, 0) is 39.4 Å². The van der Waals surface area contributed by atoms with E-state index in [-0.39, 0.29) is 10.8 Å². The summed E-state index contributed by atoms with van der Waals surface area (Å²) in [7, 11) is -2.77. The molecule has 5 nitrogen and oxygen atoms in total. The van der Waals surface area contributed by atoms with Crippen LogP contribution in [0.3, 0.4) is 0 Å².